The molecule has 0 spiro atoms. The minimum atomic E-state index is -0.745. The number of azo groups is 1. The second-order valence-electron chi connectivity index (χ2n) is 6.23. The first-order valence-electron chi connectivity index (χ1n) is 9.00. The van der Waals surface area contributed by atoms with Gasteiger partial charge >= 0.3 is 11.9 Å². The average Bonchev–Trinajstić information content (AvgIpc) is 2.78. The Balaban J connectivity index is 2.69. The van der Waals surface area contributed by atoms with Crippen molar-refractivity contribution in [3.63, 3.8) is 0 Å². The van der Waals surface area contributed by atoms with Gasteiger partial charge in [-0.2, -0.15) is 5.26 Å². The second-order valence-corrected chi connectivity index (χ2v) is 6.23. The number of hydrogen-bond acceptors (Lipinski definition) is 10. The largest absolute Gasteiger partial charge is 0.493 e. The summed E-state index contributed by atoms with van der Waals surface area (Å²) in [5.41, 5.74) is -1.08. The van der Waals surface area contributed by atoms with Crippen molar-refractivity contribution in [1.82, 2.24) is 4.57 Å². The van der Waals surface area contributed by atoms with Crippen molar-refractivity contribution < 1.29 is 29.3 Å². The Morgan fingerprint density at radius 3 is 2.45 bits per heavy atom. The molecule has 1 heterocycles. The van der Waals surface area contributed by atoms with Crippen LogP contribution in [0.15, 0.2) is 33.2 Å². The van der Waals surface area contributed by atoms with E-state index in [0.717, 1.165) is 4.57 Å². The van der Waals surface area contributed by atoms with E-state index in [1.807, 2.05) is 6.07 Å². The van der Waals surface area contributed by atoms with Crippen molar-refractivity contribution >= 4 is 23.3 Å². The molecule has 0 saturated heterocycles. The Morgan fingerprint density at radius 1 is 1.19 bits per heavy atom. The van der Waals surface area contributed by atoms with Gasteiger partial charge < -0.3 is 19.7 Å². The third-order valence-electron chi connectivity index (χ3n) is 4.39. The van der Waals surface area contributed by atoms with E-state index in [2.05, 4.69) is 15.0 Å². The molecule has 0 aliphatic heterocycles. The van der Waals surface area contributed by atoms with E-state index in [1.165, 1.54) is 39.3 Å². The number of nitrogens with zero attached hydrogens (tertiary/aromatic N) is 4. The third kappa shape index (κ3) is 4.76. The highest BCUT2D eigenvalue weighted by atomic mass is 16.5. The van der Waals surface area contributed by atoms with Gasteiger partial charge in [-0.05, 0) is 31.5 Å². The number of methoxy groups -OCH3 is 2. The lowest BCUT2D eigenvalue weighted by Crippen LogP contribution is -2.22. The number of nitriles is 1. The van der Waals surface area contributed by atoms with Crippen molar-refractivity contribution in [1.29, 1.82) is 5.26 Å². The van der Waals surface area contributed by atoms with Crippen LogP contribution in [0.1, 0.15) is 38.3 Å². The van der Waals surface area contributed by atoms with Crippen molar-refractivity contribution in [3.05, 3.63) is 50.8 Å². The number of carbonyl (C=O) groups is 2. The first kappa shape index (κ1) is 23.2. The van der Waals surface area contributed by atoms with E-state index in [-0.39, 0.29) is 53.2 Å². The van der Waals surface area contributed by atoms with E-state index in [1.54, 1.807) is 0 Å². The molecule has 1 aromatic carbocycles. The van der Waals surface area contributed by atoms with Gasteiger partial charge in [0.2, 0.25) is 5.88 Å². The summed E-state index contributed by atoms with van der Waals surface area (Å²) in [6, 6.07) is 5.70. The zero-order valence-electron chi connectivity index (χ0n) is 17.1. The summed E-state index contributed by atoms with van der Waals surface area (Å²) in [5.74, 6) is -1.96. The molecule has 11 nitrogen and oxygen atoms in total. The van der Waals surface area contributed by atoms with Gasteiger partial charge in [-0.3, -0.25) is 9.36 Å². The highest BCUT2D eigenvalue weighted by Gasteiger charge is 2.20. The van der Waals surface area contributed by atoms with Crippen molar-refractivity contribution in [3.8, 4) is 11.9 Å². The molecule has 162 valence electrons. The molecule has 0 aliphatic carbocycles. The number of aromatic nitrogens is 1. The van der Waals surface area contributed by atoms with Crippen LogP contribution in [0.2, 0.25) is 0 Å². The van der Waals surface area contributed by atoms with Gasteiger partial charge in [0.1, 0.15) is 17.3 Å². The topological polar surface area (TPSA) is 164 Å². The van der Waals surface area contributed by atoms with Crippen LogP contribution in [-0.4, -0.2) is 47.5 Å². The first-order chi connectivity index (χ1) is 14.8. The molecule has 2 aromatic rings. The number of benzene rings is 1. The van der Waals surface area contributed by atoms with Crippen LogP contribution in [0, 0.1) is 18.3 Å². The summed E-state index contributed by atoms with van der Waals surface area (Å²) in [6.45, 7) is 1.13. The Morgan fingerprint density at radius 2 is 1.87 bits per heavy atom. The number of pyridine rings is 1. The zero-order chi connectivity index (χ0) is 23.1. The normalized spacial score (nSPS) is 10.7. The number of hydrogen-bond donors (Lipinski definition) is 2. The van der Waals surface area contributed by atoms with Crippen LogP contribution in [0.5, 0.6) is 5.88 Å². The van der Waals surface area contributed by atoms with Gasteiger partial charge in [0.05, 0.1) is 25.3 Å². The van der Waals surface area contributed by atoms with Gasteiger partial charge in [-0.15, -0.1) is 10.2 Å². The Hall–Kier alpha value is -4.04. The van der Waals surface area contributed by atoms with E-state index in [9.17, 15) is 24.8 Å². The second kappa shape index (κ2) is 10.1. The average molecular weight is 428 g/mol. The molecule has 0 amide bonds. The number of carbonyl (C=O) groups excluding carboxylic acids is 2. The zero-order valence-corrected chi connectivity index (χ0v) is 17.1. The maximum atomic E-state index is 12.8. The fraction of sp³-hybridized carbons (Fsp3) is 0.300. The molecule has 0 saturated carbocycles. The Labute approximate surface area is 176 Å². The Bertz CT molecular complexity index is 1150. The standard InChI is InChI=1S/C20H20N4O7/c1-11-14(10-21)17(26)24(7-4-8-25)18(27)16(11)23-22-15-9-12(19(28)30-2)5-6-13(15)20(29)31-3/h5-6,9,25-26H,4,7-8H2,1-3H3. The summed E-state index contributed by atoms with van der Waals surface area (Å²) < 4.78 is 10.3. The number of rotatable bonds is 7. The lowest BCUT2D eigenvalue weighted by atomic mass is 10.1. The maximum Gasteiger partial charge on any atom is 0.340 e. The molecule has 0 unspecified atom stereocenters. The molecule has 31 heavy (non-hydrogen) atoms. The molecular formula is C20H20N4O7. The molecule has 11 heteroatoms. The van der Waals surface area contributed by atoms with Crippen LogP contribution >= 0.6 is 0 Å². The van der Waals surface area contributed by atoms with E-state index < -0.39 is 23.4 Å². The lowest BCUT2D eigenvalue weighted by Gasteiger charge is -2.12. The molecule has 1 aromatic heterocycles. The summed E-state index contributed by atoms with van der Waals surface area (Å²) >= 11 is 0. The summed E-state index contributed by atoms with van der Waals surface area (Å²) in [6.07, 6.45) is 0.158. The molecule has 0 radical (unpaired) electrons. The maximum absolute atomic E-state index is 12.8. The quantitative estimate of drug-likeness (QED) is 0.500. The van der Waals surface area contributed by atoms with Crippen molar-refractivity contribution in [2.24, 2.45) is 10.2 Å². The summed E-state index contributed by atoms with van der Waals surface area (Å²) in [7, 11) is 2.36. The SMILES string of the molecule is COC(=O)c1ccc(C(=O)OC)c(N=Nc2c(C)c(C#N)c(O)n(CCCO)c2=O)c1. The van der Waals surface area contributed by atoms with Crippen LogP contribution in [-0.2, 0) is 16.0 Å². The van der Waals surface area contributed by atoms with E-state index >= 15 is 0 Å². The van der Waals surface area contributed by atoms with Crippen molar-refractivity contribution in [2.75, 3.05) is 20.8 Å². The number of aliphatic hydroxyl groups excluding tert-OH is 1. The van der Waals surface area contributed by atoms with Crippen LogP contribution in [0.3, 0.4) is 0 Å². The molecular weight excluding hydrogens is 408 g/mol. The highest BCUT2D eigenvalue weighted by Crippen LogP contribution is 2.29. The Kier molecular flexibility index (Phi) is 7.59. The van der Waals surface area contributed by atoms with Crippen molar-refractivity contribution in [2.45, 2.75) is 19.9 Å². The van der Waals surface area contributed by atoms with Gasteiger partial charge in [0.25, 0.3) is 5.56 Å². The molecule has 2 N–H and O–H groups in total. The fourth-order valence-corrected chi connectivity index (χ4v) is 2.74. The minimum absolute atomic E-state index is 0.0172. The van der Waals surface area contributed by atoms with Gasteiger partial charge in [0, 0.05) is 18.7 Å². The number of ether oxygens (including phenoxy) is 2. The molecule has 0 aliphatic rings. The summed E-state index contributed by atoms with van der Waals surface area (Å²) in [4.78, 5) is 36.7. The molecule has 0 atom stereocenters. The summed E-state index contributed by atoms with van der Waals surface area (Å²) in [5, 5.41) is 36.5. The fourth-order valence-electron chi connectivity index (χ4n) is 2.74. The van der Waals surface area contributed by atoms with E-state index in [0.29, 0.717) is 0 Å². The lowest BCUT2D eigenvalue weighted by molar-refractivity contribution is 0.0587. The molecule has 0 fully saturated rings. The molecule has 2 rings (SSSR count). The smallest absolute Gasteiger partial charge is 0.340 e. The van der Waals surface area contributed by atoms with Gasteiger partial charge in [0.15, 0.2) is 5.69 Å². The minimum Gasteiger partial charge on any atom is -0.493 e. The van der Waals surface area contributed by atoms with Gasteiger partial charge in [-0.25, -0.2) is 9.59 Å². The third-order valence-corrected chi connectivity index (χ3v) is 4.39. The monoisotopic (exact) mass is 428 g/mol. The van der Waals surface area contributed by atoms with E-state index in [4.69, 9.17) is 9.84 Å². The number of aliphatic hydroxyl groups is 1. The highest BCUT2D eigenvalue weighted by molar-refractivity contribution is 5.98. The molecule has 0 bridgehead atoms. The van der Waals surface area contributed by atoms with Crippen LogP contribution in [0.25, 0.3) is 0 Å². The predicted octanol–water partition coefficient (Wildman–Crippen LogP) is 2.10. The number of esters is 2. The predicted molar refractivity (Wildman–Crippen MR) is 107 cm³/mol. The van der Waals surface area contributed by atoms with Gasteiger partial charge in [-0.1, -0.05) is 0 Å². The van der Waals surface area contributed by atoms with Crippen LogP contribution < -0.4 is 5.56 Å². The number of aromatic hydroxyl groups is 1. The first-order valence-corrected chi connectivity index (χ1v) is 9.00. The van der Waals surface area contributed by atoms with Crippen LogP contribution in [0.4, 0.5) is 11.4 Å².